The van der Waals surface area contributed by atoms with E-state index in [4.69, 9.17) is 4.74 Å². The number of benzene rings is 3. The molecule has 1 unspecified atom stereocenters. The average molecular weight is 416 g/mol. The van der Waals surface area contributed by atoms with Gasteiger partial charge in [-0.25, -0.2) is 4.79 Å². The maximum Gasteiger partial charge on any atom is 0.338 e. The van der Waals surface area contributed by atoms with Crippen molar-refractivity contribution in [2.75, 3.05) is 11.9 Å². The highest BCUT2D eigenvalue weighted by molar-refractivity contribution is 5.96. The number of hydrogen-bond donors (Lipinski definition) is 2. The second kappa shape index (κ2) is 10.7. The maximum atomic E-state index is 12.7. The lowest BCUT2D eigenvalue weighted by molar-refractivity contribution is -0.116. The third-order valence-electron chi connectivity index (χ3n) is 4.61. The Bertz CT molecular complexity index is 1020. The van der Waals surface area contributed by atoms with Gasteiger partial charge in [-0.3, -0.25) is 9.59 Å². The SMILES string of the molecule is CCOC(=O)c1ccc(NC(=O)CC(NC(=O)c2ccccc2)c2ccccc2)cc1. The second-order valence-electron chi connectivity index (χ2n) is 6.85. The molecule has 3 rings (SSSR count). The minimum Gasteiger partial charge on any atom is -0.462 e. The third-order valence-corrected chi connectivity index (χ3v) is 4.61. The van der Waals surface area contributed by atoms with Crippen LogP contribution in [0.3, 0.4) is 0 Å². The molecule has 0 saturated carbocycles. The summed E-state index contributed by atoms with van der Waals surface area (Å²) in [4.78, 5) is 37.1. The molecular weight excluding hydrogens is 392 g/mol. The third kappa shape index (κ3) is 6.27. The molecule has 158 valence electrons. The van der Waals surface area contributed by atoms with Crippen LogP contribution in [0.2, 0.25) is 0 Å². The van der Waals surface area contributed by atoms with Crippen molar-refractivity contribution in [1.29, 1.82) is 0 Å². The molecule has 3 aromatic carbocycles. The molecule has 0 bridgehead atoms. The topological polar surface area (TPSA) is 84.5 Å². The number of carbonyl (C=O) groups excluding carboxylic acids is 3. The zero-order chi connectivity index (χ0) is 22.1. The molecule has 1 atom stereocenters. The van der Waals surface area contributed by atoms with E-state index >= 15 is 0 Å². The summed E-state index contributed by atoms with van der Waals surface area (Å²) in [6.07, 6.45) is 0.0578. The molecule has 6 heteroatoms. The van der Waals surface area contributed by atoms with Crippen LogP contribution in [0.4, 0.5) is 5.69 Å². The molecule has 0 saturated heterocycles. The summed E-state index contributed by atoms with van der Waals surface area (Å²) in [5, 5.41) is 5.75. The number of rotatable bonds is 8. The van der Waals surface area contributed by atoms with Crippen LogP contribution >= 0.6 is 0 Å². The maximum absolute atomic E-state index is 12.7. The molecule has 0 aliphatic rings. The van der Waals surface area contributed by atoms with Crippen molar-refractivity contribution in [3.05, 3.63) is 102 Å². The number of nitrogens with one attached hydrogen (secondary N) is 2. The van der Waals surface area contributed by atoms with Gasteiger partial charge in [-0.05, 0) is 48.9 Å². The van der Waals surface area contributed by atoms with Crippen LogP contribution in [0.15, 0.2) is 84.9 Å². The molecule has 6 nitrogen and oxygen atoms in total. The molecule has 0 spiro atoms. The number of ether oxygens (including phenoxy) is 1. The van der Waals surface area contributed by atoms with E-state index in [-0.39, 0.29) is 18.2 Å². The van der Waals surface area contributed by atoms with Crippen LogP contribution in [0.1, 0.15) is 45.7 Å². The molecule has 0 aliphatic carbocycles. The molecule has 31 heavy (non-hydrogen) atoms. The van der Waals surface area contributed by atoms with Gasteiger partial charge < -0.3 is 15.4 Å². The highest BCUT2D eigenvalue weighted by Crippen LogP contribution is 2.19. The molecule has 3 aromatic rings. The molecule has 0 aliphatic heterocycles. The van der Waals surface area contributed by atoms with E-state index in [1.165, 1.54) is 0 Å². The Morgan fingerprint density at radius 3 is 2.03 bits per heavy atom. The molecule has 0 heterocycles. The van der Waals surface area contributed by atoms with Gasteiger partial charge in [0.1, 0.15) is 0 Å². The van der Waals surface area contributed by atoms with Gasteiger partial charge in [0, 0.05) is 11.3 Å². The van der Waals surface area contributed by atoms with Gasteiger partial charge in [-0.1, -0.05) is 48.5 Å². The highest BCUT2D eigenvalue weighted by atomic mass is 16.5. The normalized spacial score (nSPS) is 11.3. The van der Waals surface area contributed by atoms with Crippen molar-refractivity contribution >= 4 is 23.5 Å². The van der Waals surface area contributed by atoms with Gasteiger partial charge in [-0.2, -0.15) is 0 Å². The van der Waals surface area contributed by atoms with E-state index in [1.54, 1.807) is 55.5 Å². The Balaban J connectivity index is 1.68. The fourth-order valence-corrected chi connectivity index (χ4v) is 3.07. The standard InChI is InChI=1S/C25H24N2O4/c1-2-31-25(30)20-13-15-21(16-14-20)26-23(28)17-22(18-9-5-3-6-10-18)27-24(29)19-11-7-4-8-12-19/h3-16,22H,2,17H2,1H3,(H,26,28)(H,27,29). The van der Waals surface area contributed by atoms with Crippen LogP contribution in [0.5, 0.6) is 0 Å². The summed E-state index contributed by atoms with van der Waals surface area (Å²) >= 11 is 0. The highest BCUT2D eigenvalue weighted by Gasteiger charge is 2.19. The van der Waals surface area contributed by atoms with Crippen molar-refractivity contribution in [1.82, 2.24) is 5.32 Å². The van der Waals surface area contributed by atoms with Crippen molar-refractivity contribution in [3.8, 4) is 0 Å². The monoisotopic (exact) mass is 416 g/mol. The first-order valence-electron chi connectivity index (χ1n) is 10.0. The Labute approximate surface area is 181 Å². The Kier molecular flexibility index (Phi) is 7.54. The summed E-state index contributed by atoms with van der Waals surface area (Å²) in [6.45, 7) is 2.04. The van der Waals surface area contributed by atoms with E-state index in [1.807, 2.05) is 36.4 Å². The quantitative estimate of drug-likeness (QED) is 0.534. The Hall–Kier alpha value is -3.93. The van der Waals surface area contributed by atoms with E-state index in [2.05, 4.69) is 10.6 Å². The van der Waals surface area contributed by atoms with E-state index < -0.39 is 12.0 Å². The van der Waals surface area contributed by atoms with Crippen molar-refractivity contribution in [2.45, 2.75) is 19.4 Å². The lowest BCUT2D eigenvalue weighted by Crippen LogP contribution is -2.31. The number of hydrogen-bond acceptors (Lipinski definition) is 4. The molecular formula is C25H24N2O4. The number of amides is 2. The molecule has 0 fully saturated rings. The summed E-state index contributed by atoms with van der Waals surface area (Å²) < 4.78 is 4.96. The van der Waals surface area contributed by atoms with Gasteiger partial charge >= 0.3 is 5.97 Å². The number of anilines is 1. The van der Waals surface area contributed by atoms with Gasteiger partial charge in [0.15, 0.2) is 0 Å². The summed E-state index contributed by atoms with van der Waals surface area (Å²) in [5.41, 5.74) is 2.33. The zero-order valence-corrected chi connectivity index (χ0v) is 17.2. The summed E-state index contributed by atoms with van der Waals surface area (Å²) in [5.74, 6) is -0.916. The van der Waals surface area contributed by atoms with Crippen LogP contribution < -0.4 is 10.6 Å². The molecule has 0 aromatic heterocycles. The fraction of sp³-hybridized carbons (Fsp3) is 0.160. The van der Waals surface area contributed by atoms with Gasteiger partial charge in [0.2, 0.25) is 5.91 Å². The first kappa shape index (κ1) is 21.8. The smallest absolute Gasteiger partial charge is 0.338 e. The van der Waals surface area contributed by atoms with Gasteiger partial charge in [0.05, 0.1) is 24.6 Å². The molecule has 2 amide bonds. The lowest BCUT2D eigenvalue weighted by atomic mass is 10.0. The Morgan fingerprint density at radius 2 is 1.42 bits per heavy atom. The van der Waals surface area contributed by atoms with E-state index in [0.29, 0.717) is 23.4 Å². The summed E-state index contributed by atoms with van der Waals surface area (Å²) in [6, 6.07) is 24.2. The van der Waals surface area contributed by atoms with Crippen LogP contribution in [-0.4, -0.2) is 24.4 Å². The summed E-state index contributed by atoms with van der Waals surface area (Å²) in [7, 11) is 0. The largest absolute Gasteiger partial charge is 0.462 e. The van der Waals surface area contributed by atoms with E-state index in [0.717, 1.165) is 5.56 Å². The number of esters is 1. The average Bonchev–Trinajstić information content (AvgIpc) is 2.80. The first-order chi connectivity index (χ1) is 15.1. The van der Waals surface area contributed by atoms with Crippen molar-refractivity contribution in [2.24, 2.45) is 0 Å². The van der Waals surface area contributed by atoms with Gasteiger partial charge in [0.25, 0.3) is 5.91 Å². The van der Waals surface area contributed by atoms with Crippen LogP contribution in [-0.2, 0) is 9.53 Å². The Morgan fingerprint density at radius 1 is 0.806 bits per heavy atom. The minimum atomic E-state index is -0.493. The molecule has 0 radical (unpaired) electrons. The van der Waals surface area contributed by atoms with Gasteiger partial charge in [-0.15, -0.1) is 0 Å². The van der Waals surface area contributed by atoms with Crippen LogP contribution in [0.25, 0.3) is 0 Å². The lowest BCUT2D eigenvalue weighted by Gasteiger charge is -2.19. The number of carbonyl (C=O) groups is 3. The minimum absolute atomic E-state index is 0.0578. The first-order valence-corrected chi connectivity index (χ1v) is 10.0. The molecule has 2 N–H and O–H groups in total. The van der Waals surface area contributed by atoms with E-state index in [9.17, 15) is 14.4 Å². The second-order valence-corrected chi connectivity index (χ2v) is 6.85. The predicted molar refractivity (Wildman–Crippen MR) is 119 cm³/mol. The van der Waals surface area contributed by atoms with Crippen LogP contribution in [0, 0.1) is 0 Å². The van der Waals surface area contributed by atoms with Crippen molar-refractivity contribution < 1.29 is 19.1 Å². The predicted octanol–water partition coefficient (Wildman–Crippen LogP) is 4.36. The van der Waals surface area contributed by atoms with Crippen molar-refractivity contribution in [3.63, 3.8) is 0 Å². The fourth-order valence-electron chi connectivity index (χ4n) is 3.07. The zero-order valence-electron chi connectivity index (χ0n) is 17.2.